The van der Waals surface area contributed by atoms with Gasteiger partial charge < -0.3 is 14.8 Å². The van der Waals surface area contributed by atoms with Gasteiger partial charge in [0.25, 0.3) is 0 Å². The van der Waals surface area contributed by atoms with Gasteiger partial charge in [0.1, 0.15) is 5.76 Å². The molecule has 1 rings (SSSR count). The quantitative estimate of drug-likeness (QED) is 0.674. The first-order valence-corrected chi connectivity index (χ1v) is 3.69. The Morgan fingerprint density at radius 2 is 2.55 bits per heavy atom. The van der Waals surface area contributed by atoms with Crippen molar-refractivity contribution in [3.63, 3.8) is 0 Å². The summed E-state index contributed by atoms with van der Waals surface area (Å²) in [4.78, 5) is 0. The van der Waals surface area contributed by atoms with Crippen LogP contribution in [-0.2, 0) is 6.54 Å². The van der Waals surface area contributed by atoms with Gasteiger partial charge in [0.2, 0.25) is 0 Å². The van der Waals surface area contributed by atoms with Crippen molar-refractivity contribution in [3.05, 3.63) is 24.2 Å². The van der Waals surface area contributed by atoms with Crippen LogP contribution in [-0.4, -0.2) is 17.8 Å². The summed E-state index contributed by atoms with van der Waals surface area (Å²) in [5, 5.41) is 11.8. The maximum atomic E-state index is 8.67. The van der Waals surface area contributed by atoms with Gasteiger partial charge in [-0.3, -0.25) is 0 Å². The highest BCUT2D eigenvalue weighted by molar-refractivity contribution is 4.97. The zero-order valence-corrected chi connectivity index (χ0v) is 6.58. The van der Waals surface area contributed by atoms with E-state index in [2.05, 4.69) is 5.32 Å². The van der Waals surface area contributed by atoms with Crippen LogP contribution in [0, 0.1) is 0 Å². The van der Waals surface area contributed by atoms with Gasteiger partial charge in [-0.05, 0) is 19.1 Å². The van der Waals surface area contributed by atoms with E-state index in [0.29, 0.717) is 6.54 Å². The summed E-state index contributed by atoms with van der Waals surface area (Å²) in [5.74, 6) is 0.894. The molecule has 0 saturated heterocycles. The van der Waals surface area contributed by atoms with Crippen molar-refractivity contribution in [2.75, 3.05) is 6.61 Å². The maximum Gasteiger partial charge on any atom is 0.117 e. The minimum atomic E-state index is 0.125. The molecule has 0 radical (unpaired) electrons. The van der Waals surface area contributed by atoms with Crippen molar-refractivity contribution in [1.82, 2.24) is 5.32 Å². The van der Waals surface area contributed by atoms with Gasteiger partial charge in [-0.2, -0.15) is 0 Å². The Morgan fingerprint density at radius 1 is 1.73 bits per heavy atom. The maximum absolute atomic E-state index is 8.67. The summed E-state index contributed by atoms with van der Waals surface area (Å²) >= 11 is 0. The Hall–Kier alpha value is -0.800. The summed E-state index contributed by atoms with van der Waals surface area (Å²) in [7, 11) is 0. The third-order valence-corrected chi connectivity index (χ3v) is 1.48. The lowest BCUT2D eigenvalue weighted by Crippen LogP contribution is -2.28. The summed E-state index contributed by atoms with van der Waals surface area (Å²) < 4.78 is 5.08. The van der Waals surface area contributed by atoms with Gasteiger partial charge in [-0.1, -0.05) is 0 Å². The van der Waals surface area contributed by atoms with E-state index in [1.54, 1.807) is 6.26 Å². The molecule has 0 aliphatic heterocycles. The molecule has 3 nitrogen and oxygen atoms in total. The fraction of sp³-hybridized carbons (Fsp3) is 0.500. The molecule has 1 aromatic heterocycles. The minimum Gasteiger partial charge on any atom is -0.468 e. The van der Waals surface area contributed by atoms with E-state index in [4.69, 9.17) is 9.52 Å². The molecule has 2 N–H and O–H groups in total. The number of aliphatic hydroxyl groups is 1. The molecule has 1 aromatic rings. The van der Waals surface area contributed by atoms with Gasteiger partial charge >= 0.3 is 0 Å². The number of rotatable bonds is 4. The van der Waals surface area contributed by atoms with Crippen molar-refractivity contribution < 1.29 is 9.52 Å². The minimum absolute atomic E-state index is 0.125. The second-order valence-corrected chi connectivity index (χ2v) is 2.54. The fourth-order valence-corrected chi connectivity index (χ4v) is 0.753. The van der Waals surface area contributed by atoms with Crippen molar-refractivity contribution in [3.8, 4) is 0 Å². The molecule has 1 heterocycles. The van der Waals surface area contributed by atoms with E-state index in [1.807, 2.05) is 19.1 Å². The molecular weight excluding hydrogens is 142 g/mol. The lowest BCUT2D eigenvalue weighted by molar-refractivity contribution is 0.248. The molecule has 0 aliphatic carbocycles. The van der Waals surface area contributed by atoms with E-state index in [0.717, 1.165) is 5.76 Å². The van der Waals surface area contributed by atoms with Gasteiger partial charge in [0, 0.05) is 6.04 Å². The van der Waals surface area contributed by atoms with Crippen molar-refractivity contribution in [2.45, 2.75) is 19.5 Å². The largest absolute Gasteiger partial charge is 0.468 e. The summed E-state index contributed by atoms with van der Waals surface area (Å²) in [6.45, 7) is 2.75. The molecule has 62 valence electrons. The van der Waals surface area contributed by atoms with E-state index >= 15 is 0 Å². The first-order valence-electron chi connectivity index (χ1n) is 3.69. The van der Waals surface area contributed by atoms with E-state index in [-0.39, 0.29) is 12.6 Å². The molecule has 0 spiro atoms. The normalized spacial score (nSPS) is 13.3. The monoisotopic (exact) mass is 155 g/mol. The lowest BCUT2D eigenvalue weighted by Gasteiger charge is -2.07. The van der Waals surface area contributed by atoms with Crippen LogP contribution < -0.4 is 5.32 Å². The van der Waals surface area contributed by atoms with Gasteiger partial charge in [-0.25, -0.2) is 0 Å². The molecule has 0 saturated carbocycles. The second-order valence-electron chi connectivity index (χ2n) is 2.54. The summed E-state index contributed by atoms with van der Waals surface area (Å²) in [6.07, 6.45) is 1.64. The lowest BCUT2D eigenvalue weighted by atomic mass is 10.3. The van der Waals surface area contributed by atoms with Crippen LogP contribution in [0.3, 0.4) is 0 Å². The smallest absolute Gasteiger partial charge is 0.117 e. The summed E-state index contributed by atoms with van der Waals surface area (Å²) in [6, 6.07) is 3.87. The highest BCUT2D eigenvalue weighted by Gasteiger charge is 1.99. The molecule has 3 heteroatoms. The molecular formula is C8H13NO2. The van der Waals surface area contributed by atoms with E-state index < -0.39 is 0 Å². The predicted octanol–water partition coefficient (Wildman–Crippen LogP) is 0.750. The highest BCUT2D eigenvalue weighted by atomic mass is 16.3. The van der Waals surface area contributed by atoms with Crippen LogP contribution >= 0.6 is 0 Å². The Morgan fingerprint density at radius 3 is 3.09 bits per heavy atom. The molecule has 11 heavy (non-hydrogen) atoms. The molecule has 1 atom stereocenters. The Balaban J connectivity index is 2.23. The standard InChI is InChI=1S/C8H13NO2/c1-7(6-10)9-5-8-3-2-4-11-8/h2-4,7,9-10H,5-6H2,1H3. The zero-order valence-electron chi connectivity index (χ0n) is 6.58. The van der Waals surface area contributed by atoms with Crippen molar-refractivity contribution >= 4 is 0 Å². The molecule has 0 bridgehead atoms. The van der Waals surface area contributed by atoms with Crippen LogP contribution in [0.4, 0.5) is 0 Å². The number of nitrogens with one attached hydrogen (secondary N) is 1. The van der Waals surface area contributed by atoms with E-state index in [9.17, 15) is 0 Å². The van der Waals surface area contributed by atoms with Crippen LogP contribution in [0.2, 0.25) is 0 Å². The number of hydrogen-bond acceptors (Lipinski definition) is 3. The Labute approximate surface area is 66.0 Å². The zero-order chi connectivity index (χ0) is 8.10. The molecule has 0 aliphatic rings. The second kappa shape index (κ2) is 4.16. The van der Waals surface area contributed by atoms with Gasteiger partial charge in [0.15, 0.2) is 0 Å². The van der Waals surface area contributed by atoms with E-state index in [1.165, 1.54) is 0 Å². The first kappa shape index (κ1) is 8.30. The first-order chi connectivity index (χ1) is 5.33. The number of hydrogen-bond donors (Lipinski definition) is 2. The Bertz CT molecular complexity index is 184. The number of furan rings is 1. The third kappa shape index (κ3) is 2.74. The van der Waals surface area contributed by atoms with Gasteiger partial charge in [0.05, 0.1) is 19.4 Å². The average Bonchev–Trinajstić information content (AvgIpc) is 2.52. The SMILES string of the molecule is CC(CO)NCc1ccco1. The predicted molar refractivity (Wildman–Crippen MR) is 42.1 cm³/mol. The van der Waals surface area contributed by atoms with Crippen LogP contribution in [0.5, 0.6) is 0 Å². The fourth-order valence-electron chi connectivity index (χ4n) is 0.753. The number of aliphatic hydroxyl groups excluding tert-OH is 1. The van der Waals surface area contributed by atoms with Crippen LogP contribution in [0.15, 0.2) is 22.8 Å². The molecule has 1 unspecified atom stereocenters. The van der Waals surface area contributed by atoms with Crippen molar-refractivity contribution in [2.24, 2.45) is 0 Å². The van der Waals surface area contributed by atoms with Gasteiger partial charge in [-0.15, -0.1) is 0 Å². The van der Waals surface area contributed by atoms with Crippen LogP contribution in [0.25, 0.3) is 0 Å². The van der Waals surface area contributed by atoms with Crippen molar-refractivity contribution in [1.29, 1.82) is 0 Å². The highest BCUT2D eigenvalue weighted by Crippen LogP contribution is 1.98. The molecule has 0 amide bonds. The average molecular weight is 155 g/mol. The summed E-state index contributed by atoms with van der Waals surface area (Å²) in [5.41, 5.74) is 0. The Kier molecular flexibility index (Phi) is 3.14. The topological polar surface area (TPSA) is 45.4 Å². The molecule has 0 fully saturated rings. The third-order valence-electron chi connectivity index (χ3n) is 1.48. The van der Waals surface area contributed by atoms with Crippen LogP contribution in [0.1, 0.15) is 12.7 Å². The molecule has 0 aromatic carbocycles.